The third-order valence-electron chi connectivity index (χ3n) is 4.04. The molecule has 0 saturated carbocycles. The minimum atomic E-state index is -1.02. The number of rotatable bonds is 8. The maximum absolute atomic E-state index is 12.2. The number of anilines is 1. The molecule has 0 aliphatic heterocycles. The molecule has 0 aliphatic carbocycles. The fraction of sp³-hybridized carbons (Fsp3) is 0.227. The lowest BCUT2D eigenvalue weighted by Crippen LogP contribution is -2.29. The van der Waals surface area contributed by atoms with Gasteiger partial charge in [-0.1, -0.05) is 12.1 Å². The molecule has 0 saturated heterocycles. The first kappa shape index (κ1) is 21.7. The van der Waals surface area contributed by atoms with Gasteiger partial charge in [0, 0.05) is 29.0 Å². The van der Waals surface area contributed by atoms with E-state index in [9.17, 15) is 14.4 Å². The molecule has 0 heterocycles. The van der Waals surface area contributed by atoms with Gasteiger partial charge < -0.3 is 19.5 Å². The van der Waals surface area contributed by atoms with Gasteiger partial charge in [-0.3, -0.25) is 9.59 Å². The second-order valence-corrected chi connectivity index (χ2v) is 6.15. The van der Waals surface area contributed by atoms with Crippen LogP contribution in [0.5, 0.6) is 11.5 Å². The summed E-state index contributed by atoms with van der Waals surface area (Å²) in [5, 5.41) is 2.62. The summed E-state index contributed by atoms with van der Waals surface area (Å²) in [6, 6.07) is 11.7. The molecule has 0 bridgehead atoms. The van der Waals surface area contributed by atoms with Crippen molar-refractivity contribution in [2.24, 2.45) is 0 Å². The van der Waals surface area contributed by atoms with Gasteiger partial charge in [-0.25, -0.2) is 4.79 Å². The van der Waals surface area contributed by atoms with Crippen LogP contribution in [0.25, 0.3) is 6.08 Å². The molecule has 2 aromatic carbocycles. The van der Waals surface area contributed by atoms with Gasteiger partial charge in [0.05, 0.1) is 14.2 Å². The van der Waals surface area contributed by atoms with Crippen LogP contribution in [-0.2, 0) is 14.3 Å². The number of hydrogen-bond acceptors (Lipinski definition) is 6. The molecule has 1 unspecified atom stereocenters. The highest BCUT2D eigenvalue weighted by Gasteiger charge is 2.17. The summed E-state index contributed by atoms with van der Waals surface area (Å²) in [4.78, 5) is 35.7. The molecule has 0 fully saturated rings. The van der Waals surface area contributed by atoms with Crippen LogP contribution in [0.15, 0.2) is 48.5 Å². The van der Waals surface area contributed by atoms with E-state index in [1.807, 2.05) is 0 Å². The number of esters is 1. The van der Waals surface area contributed by atoms with Gasteiger partial charge in [0.1, 0.15) is 11.5 Å². The van der Waals surface area contributed by atoms with E-state index in [1.165, 1.54) is 33.1 Å². The number of carbonyl (C=O) groups excluding carboxylic acids is 3. The Labute approximate surface area is 169 Å². The minimum Gasteiger partial charge on any atom is -0.497 e. The zero-order chi connectivity index (χ0) is 21.4. The highest BCUT2D eigenvalue weighted by atomic mass is 16.5. The Morgan fingerprint density at radius 1 is 1.03 bits per heavy atom. The lowest BCUT2D eigenvalue weighted by molar-refractivity contribution is -0.148. The van der Waals surface area contributed by atoms with Crippen molar-refractivity contribution in [1.29, 1.82) is 0 Å². The van der Waals surface area contributed by atoms with Crippen LogP contribution in [0.2, 0.25) is 0 Å². The molecular formula is C22H23NO6. The molecule has 0 aliphatic rings. The van der Waals surface area contributed by atoms with E-state index in [4.69, 9.17) is 14.2 Å². The number of ketones is 1. The smallest absolute Gasteiger partial charge is 0.331 e. The van der Waals surface area contributed by atoms with Crippen LogP contribution in [0.1, 0.15) is 29.8 Å². The van der Waals surface area contributed by atoms with Crippen molar-refractivity contribution in [2.75, 3.05) is 19.5 Å². The van der Waals surface area contributed by atoms with Crippen molar-refractivity contribution >= 4 is 29.4 Å². The van der Waals surface area contributed by atoms with E-state index in [0.717, 1.165) is 0 Å². The first-order valence-electron chi connectivity index (χ1n) is 8.86. The van der Waals surface area contributed by atoms with Gasteiger partial charge in [-0.2, -0.15) is 0 Å². The van der Waals surface area contributed by atoms with Crippen molar-refractivity contribution in [3.8, 4) is 11.5 Å². The number of ether oxygens (including phenoxy) is 3. The number of benzene rings is 2. The molecule has 2 aromatic rings. The third-order valence-corrected chi connectivity index (χ3v) is 4.04. The van der Waals surface area contributed by atoms with Crippen LogP contribution in [0.4, 0.5) is 5.69 Å². The monoisotopic (exact) mass is 397 g/mol. The number of carbonyl (C=O) groups is 3. The summed E-state index contributed by atoms with van der Waals surface area (Å²) in [6.07, 6.45) is 1.72. The Bertz CT molecular complexity index is 935. The van der Waals surface area contributed by atoms with Crippen LogP contribution in [0.3, 0.4) is 0 Å². The zero-order valence-electron chi connectivity index (χ0n) is 16.7. The fourth-order valence-corrected chi connectivity index (χ4v) is 2.44. The van der Waals surface area contributed by atoms with Crippen LogP contribution in [-0.4, -0.2) is 38.0 Å². The SMILES string of the molecule is COc1ccc(/C=C/C(=O)OC(C)C(=O)Nc2cccc(C(C)=O)c2)c(OC)c1. The maximum atomic E-state index is 12.2. The lowest BCUT2D eigenvalue weighted by atomic mass is 10.1. The fourth-order valence-electron chi connectivity index (χ4n) is 2.44. The Morgan fingerprint density at radius 3 is 2.45 bits per heavy atom. The van der Waals surface area contributed by atoms with E-state index in [1.54, 1.807) is 49.6 Å². The Hall–Kier alpha value is -3.61. The summed E-state index contributed by atoms with van der Waals surface area (Å²) in [5.74, 6) is -0.137. The predicted molar refractivity (Wildman–Crippen MR) is 109 cm³/mol. The molecule has 1 N–H and O–H groups in total. The number of amides is 1. The van der Waals surface area contributed by atoms with Crippen molar-refractivity contribution in [2.45, 2.75) is 20.0 Å². The molecule has 0 aromatic heterocycles. The summed E-state index contributed by atoms with van der Waals surface area (Å²) in [7, 11) is 3.06. The lowest BCUT2D eigenvalue weighted by Gasteiger charge is -2.13. The maximum Gasteiger partial charge on any atom is 0.331 e. The molecular weight excluding hydrogens is 374 g/mol. The zero-order valence-corrected chi connectivity index (χ0v) is 16.7. The van der Waals surface area contributed by atoms with Gasteiger partial charge in [0.25, 0.3) is 5.91 Å². The Kier molecular flexibility index (Phi) is 7.54. The number of Topliss-reactive ketones (excluding diaryl/α,β-unsaturated/α-hetero) is 1. The average molecular weight is 397 g/mol. The van der Waals surface area contributed by atoms with Crippen LogP contribution in [0, 0.1) is 0 Å². The van der Waals surface area contributed by atoms with E-state index >= 15 is 0 Å². The Balaban J connectivity index is 1.98. The molecule has 1 amide bonds. The summed E-state index contributed by atoms with van der Waals surface area (Å²) < 4.78 is 15.5. The minimum absolute atomic E-state index is 0.111. The number of hydrogen-bond donors (Lipinski definition) is 1. The Morgan fingerprint density at radius 2 is 1.79 bits per heavy atom. The topological polar surface area (TPSA) is 90.9 Å². The standard InChI is InChI=1S/C22H23NO6/c1-14(24)17-6-5-7-18(12-17)23-22(26)15(2)29-21(25)11-9-16-8-10-19(27-3)13-20(16)28-4/h5-13,15H,1-4H3,(H,23,26)/b11-9+. The normalized spacial score (nSPS) is 11.6. The average Bonchev–Trinajstić information content (AvgIpc) is 2.72. The van der Waals surface area contributed by atoms with Gasteiger partial charge in [0.2, 0.25) is 0 Å². The van der Waals surface area contributed by atoms with Crippen LogP contribution >= 0.6 is 0 Å². The van der Waals surface area contributed by atoms with E-state index in [-0.39, 0.29) is 5.78 Å². The van der Waals surface area contributed by atoms with Gasteiger partial charge in [-0.05, 0) is 44.2 Å². The molecule has 29 heavy (non-hydrogen) atoms. The molecule has 152 valence electrons. The molecule has 2 rings (SSSR count). The first-order valence-corrected chi connectivity index (χ1v) is 8.86. The number of nitrogens with one attached hydrogen (secondary N) is 1. The second-order valence-electron chi connectivity index (χ2n) is 6.15. The van der Waals surface area contributed by atoms with Gasteiger partial charge in [0.15, 0.2) is 11.9 Å². The molecule has 7 heteroatoms. The molecule has 0 radical (unpaired) electrons. The molecule has 0 spiro atoms. The highest BCUT2D eigenvalue weighted by Crippen LogP contribution is 2.25. The first-order chi connectivity index (χ1) is 13.8. The van der Waals surface area contributed by atoms with E-state index < -0.39 is 18.0 Å². The van der Waals surface area contributed by atoms with Crippen molar-refractivity contribution < 1.29 is 28.6 Å². The van der Waals surface area contributed by atoms with E-state index in [2.05, 4.69) is 5.32 Å². The highest BCUT2D eigenvalue weighted by molar-refractivity contribution is 5.99. The summed E-state index contributed by atoms with van der Waals surface area (Å²) in [5.41, 5.74) is 1.58. The van der Waals surface area contributed by atoms with Crippen molar-refractivity contribution in [3.63, 3.8) is 0 Å². The van der Waals surface area contributed by atoms with Crippen molar-refractivity contribution in [1.82, 2.24) is 0 Å². The predicted octanol–water partition coefficient (Wildman–Crippen LogP) is 3.49. The molecule has 7 nitrogen and oxygen atoms in total. The summed E-state index contributed by atoms with van der Waals surface area (Å²) in [6.45, 7) is 2.90. The molecule has 1 atom stereocenters. The largest absolute Gasteiger partial charge is 0.497 e. The van der Waals surface area contributed by atoms with Gasteiger partial charge in [-0.15, -0.1) is 0 Å². The van der Waals surface area contributed by atoms with E-state index in [0.29, 0.717) is 28.3 Å². The van der Waals surface area contributed by atoms with Crippen molar-refractivity contribution in [3.05, 3.63) is 59.7 Å². The van der Waals surface area contributed by atoms with Crippen LogP contribution < -0.4 is 14.8 Å². The quantitative estimate of drug-likeness (QED) is 0.417. The third kappa shape index (κ3) is 6.21. The number of methoxy groups -OCH3 is 2. The van der Waals surface area contributed by atoms with Gasteiger partial charge >= 0.3 is 5.97 Å². The second kappa shape index (κ2) is 10.1. The summed E-state index contributed by atoms with van der Waals surface area (Å²) >= 11 is 0.